The van der Waals surface area contributed by atoms with Crippen molar-refractivity contribution in [3.63, 3.8) is 0 Å². The molecule has 0 bridgehead atoms. The number of hydrogen-bond acceptors (Lipinski definition) is 4. The molecule has 1 heterocycles. The SMILES string of the molecule is CCn1cc(C(C)NCc2ccccc2[N+](=O)[O-])cn1. The van der Waals surface area contributed by atoms with Gasteiger partial charge in [-0.1, -0.05) is 18.2 Å². The Morgan fingerprint density at radius 1 is 1.45 bits per heavy atom. The van der Waals surface area contributed by atoms with E-state index in [9.17, 15) is 10.1 Å². The molecule has 0 aliphatic carbocycles. The van der Waals surface area contributed by atoms with Crippen molar-refractivity contribution < 1.29 is 4.92 Å². The molecule has 1 unspecified atom stereocenters. The number of hydrogen-bond donors (Lipinski definition) is 1. The Kier molecular flexibility index (Phi) is 4.47. The molecule has 0 spiro atoms. The summed E-state index contributed by atoms with van der Waals surface area (Å²) >= 11 is 0. The summed E-state index contributed by atoms with van der Waals surface area (Å²) in [7, 11) is 0. The molecule has 106 valence electrons. The molecule has 1 N–H and O–H groups in total. The van der Waals surface area contributed by atoms with Gasteiger partial charge in [-0.15, -0.1) is 0 Å². The fraction of sp³-hybridized carbons (Fsp3) is 0.357. The van der Waals surface area contributed by atoms with Gasteiger partial charge in [-0.25, -0.2) is 0 Å². The Balaban J connectivity index is 2.03. The highest BCUT2D eigenvalue weighted by Crippen LogP contribution is 2.19. The summed E-state index contributed by atoms with van der Waals surface area (Å²) in [4.78, 5) is 10.6. The molecule has 20 heavy (non-hydrogen) atoms. The maximum Gasteiger partial charge on any atom is 0.273 e. The molecule has 0 aliphatic rings. The maximum absolute atomic E-state index is 10.9. The normalized spacial score (nSPS) is 12.3. The molecular weight excluding hydrogens is 256 g/mol. The van der Waals surface area contributed by atoms with Crippen LogP contribution in [0, 0.1) is 10.1 Å². The lowest BCUT2D eigenvalue weighted by Crippen LogP contribution is -2.18. The maximum atomic E-state index is 10.9. The van der Waals surface area contributed by atoms with Gasteiger partial charge in [0.1, 0.15) is 0 Å². The third-order valence-electron chi connectivity index (χ3n) is 3.26. The first-order chi connectivity index (χ1) is 9.61. The van der Waals surface area contributed by atoms with Crippen molar-refractivity contribution in [2.24, 2.45) is 0 Å². The van der Waals surface area contributed by atoms with E-state index in [1.165, 1.54) is 6.07 Å². The fourth-order valence-corrected chi connectivity index (χ4v) is 2.00. The van der Waals surface area contributed by atoms with Crippen LogP contribution in [-0.2, 0) is 13.1 Å². The summed E-state index contributed by atoms with van der Waals surface area (Å²) in [6.07, 6.45) is 3.80. The number of para-hydroxylation sites is 1. The van der Waals surface area contributed by atoms with E-state index in [4.69, 9.17) is 0 Å². The quantitative estimate of drug-likeness (QED) is 0.649. The number of nitrogens with one attached hydrogen (secondary N) is 1. The second kappa shape index (κ2) is 6.29. The monoisotopic (exact) mass is 274 g/mol. The summed E-state index contributed by atoms with van der Waals surface area (Å²) in [5.41, 5.74) is 1.91. The van der Waals surface area contributed by atoms with E-state index in [0.717, 1.165) is 12.1 Å². The van der Waals surface area contributed by atoms with Gasteiger partial charge in [0.25, 0.3) is 5.69 Å². The first-order valence-electron chi connectivity index (χ1n) is 6.59. The molecule has 1 atom stereocenters. The molecule has 1 aromatic carbocycles. The highest BCUT2D eigenvalue weighted by atomic mass is 16.6. The zero-order valence-electron chi connectivity index (χ0n) is 11.6. The summed E-state index contributed by atoms with van der Waals surface area (Å²) < 4.78 is 1.86. The van der Waals surface area contributed by atoms with Crippen LogP contribution >= 0.6 is 0 Å². The predicted molar refractivity (Wildman–Crippen MR) is 76.3 cm³/mol. The van der Waals surface area contributed by atoms with Crippen molar-refractivity contribution in [2.45, 2.75) is 33.0 Å². The minimum atomic E-state index is -0.350. The van der Waals surface area contributed by atoms with E-state index >= 15 is 0 Å². The molecule has 6 nitrogen and oxygen atoms in total. The number of aromatic nitrogens is 2. The van der Waals surface area contributed by atoms with E-state index in [0.29, 0.717) is 12.1 Å². The molecule has 2 aromatic rings. The highest BCUT2D eigenvalue weighted by molar-refractivity contribution is 5.39. The lowest BCUT2D eigenvalue weighted by atomic mass is 10.1. The first-order valence-corrected chi connectivity index (χ1v) is 6.59. The smallest absolute Gasteiger partial charge is 0.273 e. The highest BCUT2D eigenvalue weighted by Gasteiger charge is 2.14. The van der Waals surface area contributed by atoms with Crippen LogP contribution in [0.15, 0.2) is 36.7 Å². The summed E-state index contributed by atoms with van der Waals surface area (Å²) in [5, 5.41) is 18.5. The molecule has 0 amide bonds. The van der Waals surface area contributed by atoms with E-state index in [1.807, 2.05) is 37.0 Å². The van der Waals surface area contributed by atoms with Crippen LogP contribution < -0.4 is 5.32 Å². The van der Waals surface area contributed by atoms with E-state index in [1.54, 1.807) is 12.1 Å². The summed E-state index contributed by atoms with van der Waals surface area (Å²) in [6, 6.07) is 6.87. The van der Waals surface area contributed by atoms with E-state index < -0.39 is 0 Å². The van der Waals surface area contributed by atoms with Crippen molar-refractivity contribution in [2.75, 3.05) is 0 Å². The van der Waals surface area contributed by atoms with E-state index in [2.05, 4.69) is 10.4 Å². The van der Waals surface area contributed by atoms with Crippen LogP contribution in [0.25, 0.3) is 0 Å². The first kappa shape index (κ1) is 14.2. The van der Waals surface area contributed by atoms with Crippen LogP contribution in [0.5, 0.6) is 0 Å². The Morgan fingerprint density at radius 3 is 2.85 bits per heavy atom. The van der Waals surface area contributed by atoms with Gasteiger partial charge in [0.2, 0.25) is 0 Å². The van der Waals surface area contributed by atoms with Gasteiger partial charge in [0.15, 0.2) is 0 Å². The Morgan fingerprint density at radius 2 is 2.20 bits per heavy atom. The third kappa shape index (κ3) is 3.21. The van der Waals surface area contributed by atoms with Gasteiger partial charge in [-0.2, -0.15) is 5.10 Å². The number of benzene rings is 1. The molecule has 1 aromatic heterocycles. The number of nitro groups is 1. The minimum Gasteiger partial charge on any atom is -0.306 e. The second-order valence-corrected chi connectivity index (χ2v) is 4.62. The van der Waals surface area contributed by atoms with Crippen molar-refractivity contribution in [3.05, 3.63) is 57.9 Å². The van der Waals surface area contributed by atoms with Gasteiger partial charge in [-0.3, -0.25) is 14.8 Å². The van der Waals surface area contributed by atoms with Gasteiger partial charge >= 0.3 is 0 Å². The Bertz CT molecular complexity index is 594. The molecule has 0 saturated heterocycles. The van der Waals surface area contributed by atoms with Gasteiger partial charge in [0.05, 0.1) is 11.1 Å². The lowest BCUT2D eigenvalue weighted by Gasteiger charge is -2.12. The standard InChI is InChI=1S/C14H18N4O2/c1-3-17-10-13(9-16-17)11(2)15-8-12-6-4-5-7-14(12)18(19)20/h4-7,9-11,15H,3,8H2,1-2H3. The fourth-order valence-electron chi connectivity index (χ4n) is 2.00. The third-order valence-corrected chi connectivity index (χ3v) is 3.26. The zero-order chi connectivity index (χ0) is 14.5. The number of nitro benzene ring substituents is 1. The van der Waals surface area contributed by atoms with Crippen molar-refractivity contribution in [1.82, 2.24) is 15.1 Å². The predicted octanol–water partition coefficient (Wildman–Crippen LogP) is 2.66. The van der Waals surface area contributed by atoms with Crippen LogP contribution in [0.1, 0.15) is 31.0 Å². The molecule has 0 saturated carbocycles. The van der Waals surface area contributed by atoms with Crippen molar-refractivity contribution >= 4 is 5.69 Å². The molecule has 0 fully saturated rings. The van der Waals surface area contributed by atoms with Gasteiger partial charge in [-0.05, 0) is 13.8 Å². The average molecular weight is 274 g/mol. The summed E-state index contributed by atoms with van der Waals surface area (Å²) in [5.74, 6) is 0. The van der Waals surface area contributed by atoms with Crippen molar-refractivity contribution in [1.29, 1.82) is 0 Å². The minimum absolute atomic E-state index is 0.0927. The number of rotatable bonds is 6. The van der Waals surface area contributed by atoms with Crippen LogP contribution in [0.3, 0.4) is 0 Å². The van der Waals surface area contributed by atoms with Crippen molar-refractivity contribution in [3.8, 4) is 0 Å². The Hall–Kier alpha value is -2.21. The van der Waals surface area contributed by atoms with Gasteiger partial charge in [0, 0.05) is 42.5 Å². The molecular formula is C14H18N4O2. The molecule has 6 heteroatoms. The lowest BCUT2D eigenvalue weighted by molar-refractivity contribution is -0.385. The summed E-state index contributed by atoms with van der Waals surface area (Å²) in [6.45, 7) is 5.33. The van der Waals surface area contributed by atoms with Gasteiger partial charge < -0.3 is 5.32 Å². The number of nitrogens with zero attached hydrogens (tertiary/aromatic N) is 3. The second-order valence-electron chi connectivity index (χ2n) is 4.62. The molecule has 0 radical (unpaired) electrons. The van der Waals surface area contributed by atoms with E-state index in [-0.39, 0.29) is 16.7 Å². The van der Waals surface area contributed by atoms with Crippen LogP contribution in [0.2, 0.25) is 0 Å². The number of aryl methyl sites for hydroxylation is 1. The Labute approximate surface area is 117 Å². The zero-order valence-corrected chi connectivity index (χ0v) is 11.6. The van der Waals surface area contributed by atoms with Crippen LogP contribution in [-0.4, -0.2) is 14.7 Å². The largest absolute Gasteiger partial charge is 0.306 e. The molecule has 2 rings (SSSR count). The topological polar surface area (TPSA) is 73.0 Å². The van der Waals surface area contributed by atoms with Crippen LogP contribution in [0.4, 0.5) is 5.69 Å². The molecule has 0 aliphatic heterocycles. The average Bonchev–Trinajstić information content (AvgIpc) is 2.94.